The summed E-state index contributed by atoms with van der Waals surface area (Å²) in [6.07, 6.45) is 7.95. The second kappa shape index (κ2) is 8.90. The van der Waals surface area contributed by atoms with Crippen molar-refractivity contribution in [3.05, 3.63) is 59.9 Å². The summed E-state index contributed by atoms with van der Waals surface area (Å²) >= 11 is 0. The first-order chi connectivity index (χ1) is 16.7. The Morgan fingerprint density at radius 3 is 2.69 bits per heavy atom. The predicted octanol–water partition coefficient (Wildman–Crippen LogP) is 4.35. The number of aliphatic hydroxyl groups excluding tert-OH is 1. The Balaban J connectivity index is 1.44. The summed E-state index contributed by atoms with van der Waals surface area (Å²) < 4.78 is 7.47. The van der Waals surface area contributed by atoms with Gasteiger partial charge in [0.2, 0.25) is 5.89 Å². The topological polar surface area (TPSA) is 126 Å². The molecule has 0 radical (unpaired) electrons. The van der Waals surface area contributed by atoms with Crippen LogP contribution in [-0.4, -0.2) is 42.0 Å². The summed E-state index contributed by atoms with van der Waals surface area (Å²) in [6.45, 7) is 5.21. The first kappa shape index (κ1) is 23.2. The molecule has 0 unspecified atom stereocenters. The monoisotopic (exact) mass is 475 g/mol. The third-order valence-corrected chi connectivity index (χ3v) is 6.49. The average Bonchev–Trinajstić information content (AvgIpc) is 3.46. The van der Waals surface area contributed by atoms with Crippen LogP contribution in [0.1, 0.15) is 67.3 Å². The third kappa shape index (κ3) is 4.82. The Hall–Kier alpha value is -3.56. The lowest BCUT2D eigenvalue weighted by Gasteiger charge is -2.25. The van der Waals surface area contributed by atoms with E-state index in [0.717, 1.165) is 47.8 Å². The number of anilines is 1. The van der Waals surface area contributed by atoms with E-state index < -0.39 is 11.5 Å². The maximum absolute atomic E-state index is 13.1. The van der Waals surface area contributed by atoms with Crippen molar-refractivity contribution in [1.29, 1.82) is 0 Å². The summed E-state index contributed by atoms with van der Waals surface area (Å²) in [5, 5.41) is 29.1. The van der Waals surface area contributed by atoms with Gasteiger partial charge in [-0.05, 0) is 70.7 Å². The van der Waals surface area contributed by atoms with Crippen LogP contribution in [0.3, 0.4) is 0 Å². The fourth-order valence-corrected chi connectivity index (χ4v) is 4.59. The molecule has 0 bridgehead atoms. The van der Waals surface area contributed by atoms with Gasteiger partial charge in [-0.1, -0.05) is 0 Å². The lowest BCUT2D eigenvalue weighted by atomic mass is 9.93. The van der Waals surface area contributed by atoms with Crippen LogP contribution in [0.15, 0.2) is 47.3 Å². The number of aryl methyl sites for hydroxylation is 1. The highest BCUT2D eigenvalue weighted by Crippen LogP contribution is 2.34. The molecule has 1 amide bonds. The number of rotatable bonds is 5. The van der Waals surface area contributed by atoms with Crippen molar-refractivity contribution in [3.63, 3.8) is 0 Å². The Kier molecular flexibility index (Phi) is 5.90. The number of amides is 1. The van der Waals surface area contributed by atoms with Crippen molar-refractivity contribution >= 4 is 22.5 Å². The first-order valence-corrected chi connectivity index (χ1v) is 11.8. The maximum atomic E-state index is 13.1. The molecule has 1 aliphatic rings. The lowest BCUT2D eigenvalue weighted by molar-refractivity contribution is 0.0793. The van der Waals surface area contributed by atoms with Crippen molar-refractivity contribution < 1.29 is 19.4 Å². The maximum Gasteiger partial charge on any atom is 0.277 e. The molecule has 3 heterocycles. The van der Waals surface area contributed by atoms with Crippen molar-refractivity contribution in [3.8, 4) is 11.5 Å². The molecular formula is C26H29N5O4. The number of hydrogen-bond acceptors (Lipinski definition) is 7. The van der Waals surface area contributed by atoms with Gasteiger partial charge in [0.05, 0.1) is 23.3 Å². The molecule has 0 spiro atoms. The van der Waals surface area contributed by atoms with E-state index in [9.17, 15) is 15.0 Å². The van der Waals surface area contributed by atoms with Crippen LogP contribution < -0.4 is 5.32 Å². The van der Waals surface area contributed by atoms with Gasteiger partial charge in [-0.15, -0.1) is 0 Å². The van der Waals surface area contributed by atoms with E-state index >= 15 is 0 Å². The second-order valence-electron chi connectivity index (χ2n) is 9.77. The Bertz CT molecular complexity index is 1380. The Morgan fingerprint density at radius 1 is 1.20 bits per heavy atom. The highest BCUT2D eigenvalue weighted by molar-refractivity contribution is 6.04. The van der Waals surface area contributed by atoms with Gasteiger partial charge in [-0.3, -0.25) is 14.5 Å². The molecule has 4 aromatic rings. The minimum atomic E-state index is -1.21. The third-order valence-electron chi connectivity index (χ3n) is 6.49. The number of carbonyl (C=O) groups is 1. The molecule has 35 heavy (non-hydrogen) atoms. The number of aromatic nitrogens is 4. The standard InChI is InChI=1S/C26H29N5O4/c1-15-10-16(8-9-27-15)25-29-23(14-35-25)24(33)28-22-11-17-13-31(18-4-6-19(32)7-5-18)30-21(17)12-20(22)26(2,3)34/h8-14,18-19,32,34H,4-7H2,1-3H3,(H,28,33)/t18-,19+. The van der Waals surface area contributed by atoms with Crippen LogP contribution in [-0.2, 0) is 5.60 Å². The van der Waals surface area contributed by atoms with Gasteiger partial charge in [-0.25, -0.2) is 4.98 Å². The number of carbonyl (C=O) groups excluding carboxylic acids is 1. The SMILES string of the molecule is Cc1cc(-c2nc(C(=O)Nc3cc4cn([C@H]5CC[C@@H](O)CC5)nc4cc3C(C)(C)O)co2)ccn1. The number of pyridine rings is 1. The average molecular weight is 476 g/mol. The molecule has 9 nitrogen and oxygen atoms in total. The van der Waals surface area contributed by atoms with E-state index in [-0.39, 0.29) is 17.8 Å². The highest BCUT2D eigenvalue weighted by atomic mass is 16.3. The van der Waals surface area contributed by atoms with Gasteiger partial charge in [0, 0.05) is 40.3 Å². The molecule has 1 saturated carbocycles. The molecular weight excluding hydrogens is 446 g/mol. The van der Waals surface area contributed by atoms with E-state index in [1.165, 1.54) is 6.26 Å². The van der Waals surface area contributed by atoms with Gasteiger partial charge in [-0.2, -0.15) is 5.10 Å². The van der Waals surface area contributed by atoms with E-state index in [1.807, 2.05) is 36.0 Å². The predicted molar refractivity (Wildman–Crippen MR) is 131 cm³/mol. The van der Waals surface area contributed by atoms with Gasteiger partial charge in [0.1, 0.15) is 6.26 Å². The van der Waals surface area contributed by atoms with Crippen LogP contribution in [0.2, 0.25) is 0 Å². The van der Waals surface area contributed by atoms with Crippen LogP contribution in [0, 0.1) is 6.92 Å². The van der Waals surface area contributed by atoms with Gasteiger partial charge in [0.15, 0.2) is 5.69 Å². The van der Waals surface area contributed by atoms with Crippen molar-refractivity contribution in [2.75, 3.05) is 5.32 Å². The summed E-state index contributed by atoms with van der Waals surface area (Å²) in [5.74, 6) is -0.109. The molecule has 0 aliphatic heterocycles. The van der Waals surface area contributed by atoms with E-state index in [1.54, 1.807) is 26.1 Å². The number of hydrogen-bond donors (Lipinski definition) is 3. The summed E-state index contributed by atoms with van der Waals surface area (Å²) in [5.41, 5.74) is 2.25. The normalized spacial score (nSPS) is 18.7. The Morgan fingerprint density at radius 2 is 1.97 bits per heavy atom. The smallest absolute Gasteiger partial charge is 0.277 e. The number of nitrogens with zero attached hydrogens (tertiary/aromatic N) is 4. The molecule has 1 aliphatic carbocycles. The van der Waals surface area contributed by atoms with E-state index in [0.29, 0.717) is 17.1 Å². The van der Waals surface area contributed by atoms with Crippen LogP contribution in [0.25, 0.3) is 22.4 Å². The fourth-order valence-electron chi connectivity index (χ4n) is 4.59. The molecule has 0 atom stereocenters. The number of oxazole rings is 1. The summed E-state index contributed by atoms with van der Waals surface area (Å²) in [4.78, 5) is 21.6. The second-order valence-corrected chi connectivity index (χ2v) is 9.77. The number of benzene rings is 1. The lowest BCUT2D eigenvalue weighted by Crippen LogP contribution is -2.21. The summed E-state index contributed by atoms with van der Waals surface area (Å²) in [7, 11) is 0. The molecule has 1 fully saturated rings. The minimum Gasteiger partial charge on any atom is -0.444 e. The molecule has 0 saturated heterocycles. The largest absolute Gasteiger partial charge is 0.444 e. The molecule has 182 valence electrons. The molecule has 5 rings (SSSR count). The van der Waals surface area contributed by atoms with E-state index in [2.05, 4.69) is 15.3 Å². The molecule has 1 aromatic carbocycles. The number of nitrogens with one attached hydrogen (secondary N) is 1. The zero-order valence-electron chi connectivity index (χ0n) is 20.0. The van der Waals surface area contributed by atoms with Gasteiger partial charge >= 0.3 is 0 Å². The van der Waals surface area contributed by atoms with Crippen molar-refractivity contribution in [1.82, 2.24) is 19.7 Å². The van der Waals surface area contributed by atoms with Gasteiger partial charge < -0.3 is 19.9 Å². The Labute approximate surface area is 202 Å². The van der Waals surface area contributed by atoms with Crippen LogP contribution in [0.4, 0.5) is 5.69 Å². The zero-order valence-corrected chi connectivity index (χ0v) is 20.0. The minimum absolute atomic E-state index is 0.132. The quantitative estimate of drug-likeness (QED) is 0.392. The van der Waals surface area contributed by atoms with Crippen molar-refractivity contribution in [2.45, 2.75) is 64.2 Å². The number of aliphatic hydroxyl groups is 2. The first-order valence-electron chi connectivity index (χ1n) is 11.8. The van der Waals surface area contributed by atoms with Crippen molar-refractivity contribution in [2.24, 2.45) is 0 Å². The van der Waals surface area contributed by atoms with Gasteiger partial charge in [0.25, 0.3) is 5.91 Å². The molecule has 9 heteroatoms. The highest BCUT2D eigenvalue weighted by Gasteiger charge is 2.26. The molecule has 3 aromatic heterocycles. The van der Waals surface area contributed by atoms with Crippen LogP contribution in [0.5, 0.6) is 0 Å². The molecule has 3 N–H and O–H groups in total. The van der Waals surface area contributed by atoms with E-state index in [4.69, 9.17) is 9.52 Å². The fraction of sp³-hybridized carbons (Fsp3) is 0.385. The summed E-state index contributed by atoms with van der Waals surface area (Å²) in [6, 6.07) is 7.46. The zero-order chi connectivity index (χ0) is 24.7. The number of fused-ring (bicyclic) bond motifs is 1. The van der Waals surface area contributed by atoms with Crippen LogP contribution >= 0.6 is 0 Å².